The Morgan fingerprint density at radius 1 is 0.966 bits per heavy atom. The van der Waals surface area contributed by atoms with Gasteiger partial charge >= 0.3 is 0 Å². The molecule has 0 radical (unpaired) electrons. The van der Waals surface area contributed by atoms with Gasteiger partial charge in [-0.25, -0.2) is 22.2 Å². The van der Waals surface area contributed by atoms with Crippen LogP contribution in [0, 0.1) is 0 Å². The Balaban J connectivity index is 1.80. The van der Waals surface area contributed by atoms with Crippen molar-refractivity contribution in [3.05, 3.63) is 71.0 Å². The van der Waals surface area contributed by atoms with E-state index in [1.807, 2.05) is 30.3 Å². The molecule has 1 heterocycles. The fraction of sp³-hybridized carbons (Fsp3) is 0.200. The highest BCUT2D eigenvalue weighted by atomic mass is 35.5. The summed E-state index contributed by atoms with van der Waals surface area (Å²) >= 11 is 5.63. The largest absolute Gasteiger partial charge is 0.324 e. The lowest BCUT2D eigenvalue weighted by molar-refractivity contribution is -0.119. The highest BCUT2D eigenvalue weighted by Gasteiger charge is 2.31. The minimum atomic E-state index is -3.16. The van der Waals surface area contributed by atoms with Gasteiger partial charge in [0.15, 0.2) is 0 Å². The van der Waals surface area contributed by atoms with E-state index in [2.05, 4.69) is 10.4 Å². The highest BCUT2D eigenvalue weighted by Crippen LogP contribution is 2.36. The Morgan fingerprint density at radius 2 is 1.55 bits per heavy atom. The molecule has 9 heteroatoms. The summed E-state index contributed by atoms with van der Waals surface area (Å²) in [6, 6.07) is 15.2. The number of hydrogen-bond donors (Lipinski definition) is 1. The maximum atomic E-state index is 13.3. The van der Waals surface area contributed by atoms with E-state index >= 15 is 0 Å². The van der Waals surface area contributed by atoms with Crippen molar-refractivity contribution in [1.82, 2.24) is 9.78 Å². The molecular weight excluding hydrogens is 410 g/mol. The van der Waals surface area contributed by atoms with Crippen LogP contribution >= 0.6 is 11.6 Å². The third-order valence-electron chi connectivity index (χ3n) is 4.33. The third kappa shape index (κ3) is 4.42. The first-order valence-electron chi connectivity index (χ1n) is 8.60. The molecule has 0 aliphatic rings. The molecule has 152 valence electrons. The molecule has 3 aromatic rings. The van der Waals surface area contributed by atoms with Gasteiger partial charge in [-0.1, -0.05) is 54.1 Å². The lowest BCUT2D eigenvalue weighted by atomic mass is 10.1. The SMILES string of the molecule is CC(C(=O)Nc1ccc(-c2ccccc2)cc1)n1nc(C(F)F)c(Cl)c1C(F)F. The standard InChI is InChI=1S/C20H16ClF4N3O/c1-11(28-17(19(24)25)15(21)16(27-28)18(22)23)20(29)26-14-9-7-13(8-10-14)12-5-3-2-4-6-12/h2-11,18-19H,1H3,(H,26,29). The molecule has 0 spiro atoms. The monoisotopic (exact) mass is 425 g/mol. The Kier molecular flexibility index (Phi) is 6.22. The topological polar surface area (TPSA) is 46.9 Å². The maximum Gasteiger partial charge on any atom is 0.283 e. The first kappa shape index (κ1) is 20.9. The van der Waals surface area contributed by atoms with Gasteiger partial charge in [-0.3, -0.25) is 4.79 Å². The summed E-state index contributed by atoms with van der Waals surface area (Å²) in [5.74, 6) is -0.695. The summed E-state index contributed by atoms with van der Waals surface area (Å²) in [6.07, 6.45) is -6.30. The third-order valence-corrected chi connectivity index (χ3v) is 4.72. The van der Waals surface area contributed by atoms with Crippen molar-refractivity contribution in [1.29, 1.82) is 0 Å². The van der Waals surface area contributed by atoms with Crippen LogP contribution in [0.3, 0.4) is 0 Å². The molecule has 0 saturated heterocycles. The number of halogens is 5. The van der Waals surface area contributed by atoms with E-state index in [1.54, 1.807) is 24.3 Å². The minimum absolute atomic E-state index is 0.424. The van der Waals surface area contributed by atoms with Gasteiger partial charge in [0.1, 0.15) is 17.4 Å². The van der Waals surface area contributed by atoms with Crippen LogP contribution in [0.15, 0.2) is 54.6 Å². The molecule has 3 rings (SSSR count). The van der Waals surface area contributed by atoms with Crippen molar-refractivity contribution < 1.29 is 22.4 Å². The molecule has 29 heavy (non-hydrogen) atoms. The van der Waals surface area contributed by atoms with Crippen LogP contribution in [-0.4, -0.2) is 15.7 Å². The zero-order valence-electron chi connectivity index (χ0n) is 15.1. The van der Waals surface area contributed by atoms with E-state index < -0.39 is 41.2 Å². The van der Waals surface area contributed by atoms with Gasteiger partial charge in [-0.05, 0) is 30.2 Å². The molecule has 1 amide bonds. The van der Waals surface area contributed by atoms with Crippen LogP contribution in [0.2, 0.25) is 5.02 Å². The molecule has 1 atom stereocenters. The van der Waals surface area contributed by atoms with Gasteiger partial charge in [-0.2, -0.15) is 5.10 Å². The number of carbonyl (C=O) groups is 1. The summed E-state index contributed by atoms with van der Waals surface area (Å²) in [6.45, 7) is 1.28. The van der Waals surface area contributed by atoms with Crippen LogP contribution in [0.4, 0.5) is 23.2 Å². The average molecular weight is 426 g/mol. The van der Waals surface area contributed by atoms with Gasteiger partial charge in [0.2, 0.25) is 5.91 Å². The molecule has 2 aromatic carbocycles. The zero-order valence-corrected chi connectivity index (χ0v) is 15.9. The van der Waals surface area contributed by atoms with Gasteiger partial charge in [0.25, 0.3) is 12.9 Å². The summed E-state index contributed by atoms with van der Waals surface area (Å²) in [7, 11) is 0. The van der Waals surface area contributed by atoms with Crippen LogP contribution in [0.5, 0.6) is 0 Å². The lowest BCUT2D eigenvalue weighted by Gasteiger charge is -2.16. The van der Waals surface area contributed by atoms with Crippen molar-refractivity contribution in [2.45, 2.75) is 25.8 Å². The fourth-order valence-corrected chi connectivity index (χ4v) is 3.10. The molecule has 0 saturated carbocycles. The highest BCUT2D eigenvalue weighted by molar-refractivity contribution is 6.32. The van der Waals surface area contributed by atoms with E-state index in [0.717, 1.165) is 11.1 Å². The number of rotatable bonds is 6. The number of hydrogen-bond acceptors (Lipinski definition) is 2. The number of aromatic nitrogens is 2. The quantitative estimate of drug-likeness (QED) is 0.472. The summed E-state index contributed by atoms with van der Waals surface area (Å²) < 4.78 is 53.1. The molecule has 0 bridgehead atoms. The van der Waals surface area contributed by atoms with Crippen molar-refractivity contribution in [3.8, 4) is 11.1 Å². The molecular formula is C20H16ClF4N3O. The molecule has 4 nitrogen and oxygen atoms in total. The predicted molar refractivity (Wildman–Crippen MR) is 102 cm³/mol. The number of anilines is 1. The second-order valence-electron chi connectivity index (χ2n) is 6.24. The maximum absolute atomic E-state index is 13.3. The minimum Gasteiger partial charge on any atom is -0.324 e. The predicted octanol–water partition coefficient (Wildman–Crippen LogP) is 6.28. The van der Waals surface area contributed by atoms with E-state index in [-0.39, 0.29) is 0 Å². The van der Waals surface area contributed by atoms with Crippen molar-refractivity contribution >= 4 is 23.2 Å². The number of nitrogens with one attached hydrogen (secondary N) is 1. The number of amides is 1. The number of nitrogens with zero attached hydrogens (tertiary/aromatic N) is 2. The Morgan fingerprint density at radius 3 is 2.10 bits per heavy atom. The van der Waals surface area contributed by atoms with Crippen molar-refractivity contribution in [3.63, 3.8) is 0 Å². The van der Waals surface area contributed by atoms with Gasteiger partial charge in [0, 0.05) is 5.69 Å². The normalized spacial score (nSPS) is 12.4. The molecule has 1 N–H and O–H groups in total. The average Bonchev–Trinajstić information content (AvgIpc) is 3.06. The summed E-state index contributed by atoms with van der Waals surface area (Å²) in [4.78, 5) is 12.5. The van der Waals surface area contributed by atoms with Crippen LogP contribution < -0.4 is 5.32 Å². The molecule has 0 aliphatic heterocycles. The second-order valence-corrected chi connectivity index (χ2v) is 6.62. The molecule has 0 aliphatic carbocycles. The van der Waals surface area contributed by atoms with E-state index in [4.69, 9.17) is 11.6 Å². The summed E-state index contributed by atoms with van der Waals surface area (Å²) in [5, 5.41) is 5.18. The molecule has 0 fully saturated rings. The van der Waals surface area contributed by atoms with Crippen LogP contribution in [-0.2, 0) is 4.79 Å². The smallest absolute Gasteiger partial charge is 0.283 e. The second kappa shape index (κ2) is 8.65. The first-order chi connectivity index (χ1) is 13.8. The van der Waals surface area contributed by atoms with E-state index in [0.29, 0.717) is 10.4 Å². The van der Waals surface area contributed by atoms with E-state index in [1.165, 1.54) is 6.92 Å². The van der Waals surface area contributed by atoms with Gasteiger partial charge in [-0.15, -0.1) is 0 Å². The number of alkyl halides is 4. The zero-order chi connectivity index (χ0) is 21.1. The Bertz CT molecular complexity index is 991. The molecule has 1 aromatic heterocycles. The van der Waals surface area contributed by atoms with Crippen LogP contribution in [0.1, 0.15) is 37.2 Å². The summed E-state index contributed by atoms with van der Waals surface area (Å²) in [5.41, 5.74) is 0.452. The fourth-order valence-electron chi connectivity index (χ4n) is 2.81. The van der Waals surface area contributed by atoms with Crippen molar-refractivity contribution in [2.75, 3.05) is 5.32 Å². The first-order valence-corrected chi connectivity index (χ1v) is 8.97. The van der Waals surface area contributed by atoms with E-state index in [9.17, 15) is 22.4 Å². The number of carbonyl (C=O) groups excluding carboxylic acids is 1. The Hall–Kier alpha value is -2.87. The van der Waals surface area contributed by atoms with Gasteiger partial charge in [0.05, 0.1) is 5.02 Å². The van der Waals surface area contributed by atoms with Crippen LogP contribution in [0.25, 0.3) is 11.1 Å². The van der Waals surface area contributed by atoms with Crippen molar-refractivity contribution in [2.24, 2.45) is 0 Å². The van der Waals surface area contributed by atoms with Gasteiger partial charge < -0.3 is 5.32 Å². The Labute approximate surface area is 169 Å². The molecule has 1 unspecified atom stereocenters. The number of benzene rings is 2. The lowest BCUT2D eigenvalue weighted by Crippen LogP contribution is -2.26.